The third-order valence-corrected chi connectivity index (χ3v) is 10.1. The van der Waals surface area contributed by atoms with Gasteiger partial charge in [0.25, 0.3) is 5.91 Å². The van der Waals surface area contributed by atoms with E-state index in [4.69, 9.17) is 33.2 Å². The average molecular weight is 857 g/mol. The largest absolute Gasteiger partial charge is 0.484 e. The molecule has 334 valence electrons. The Hall–Kier alpha value is -3.95. The van der Waals surface area contributed by atoms with Crippen molar-refractivity contribution in [2.45, 2.75) is 105 Å². The van der Waals surface area contributed by atoms with E-state index < -0.39 is 130 Å². The predicted molar refractivity (Wildman–Crippen MR) is 199 cm³/mol. The fourth-order valence-electron chi connectivity index (χ4n) is 6.86. The first-order chi connectivity index (χ1) is 28.7. The van der Waals surface area contributed by atoms with Crippen LogP contribution in [0.5, 0.6) is 5.75 Å². The van der Waals surface area contributed by atoms with Crippen molar-refractivity contribution in [3.8, 4) is 16.9 Å². The number of carbonyl (C=O) groups is 3. The van der Waals surface area contributed by atoms with Crippen LogP contribution < -0.4 is 15.4 Å². The second-order valence-corrected chi connectivity index (χ2v) is 14.3. The van der Waals surface area contributed by atoms with E-state index in [0.717, 1.165) is 12.5 Å². The smallest absolute Gasteiger partial charge is 0.335 e. The van der Waals surface area contributed by atoms with Gasteiger partial charge in [-0.1, -0.05) is 24.3 Å². The van der Waals surface area contributed by atoms with Gasteiger partial charge >= 0.3 is 5.97 Å². The van der Waals surface area contributed by atoms with Crippen LogP contribution in [0.3, 0.4) is 0 Å². The molecule has 2 amide bonds. The first-order valence-corrected chi connectivity index (χ1v) is 19.1. The van der Waals surface area contributed by atoms with Crippen molar-refractivity contribution >= 4 is 17.8 Å². The molecule has 5 rings (SSSR count). The number of aromatic carboxylic acids is 1. The summed E-state index contributed by atoms with van der Waals surface area (Å²) in [5.41, 5.74) is 1.60. The number of carbonyl (C=O) groups excluding carboxylic acids is 2. The van der Waals surface area contributed by atoms with Gasteiger partial charge in [-0.15, -0.1) is 0 Å². The van der Waals surface area contributed by atoms with E-state index in [0.29, 0.717) is 11.3 Å². The highest BCUT2D eigenvalue weighted by Gasteiger charge is 2.54. The van der Waals surface area contributed by atoms with Crippen molar-refractivity contribution in [2.75, 3.05) is 39.6 Å². The molecule has 0 aromatic heterocycles. The highest BCUT2D eigenvalue weighted by Crippen LogP contribution is 2.33. The molecule has 2 aromatic rings. The molecular formula is C38H52N2O20. The van der Waals surface area contributed by atoms with Gasteiger partial charge in [0.2, 0.25) is 5.91 Å². The number of nitrogens with one attached hydrogen (secondary N) is 2. The Morgan fingerprint density at radius 1 is 0.683 bits per heavy atom. The molecule has 0 spiro atoms. The highest BCUT2D eigenvalue weighted by atomic mass is 16.8. The maximum absolute atomic E-state index is 12.4. The molecule has 0 bridgehead atoms. The van der Waals surface area contributed by atoms with E-state index in [2.05, 4.69) is 10.6 Å². The number of ether oxygens (including phenoxy) is 7. The molecule has 3 fully saturated rings. The zero-order valence-corrected chi connectivity index (χ0v) is 32.3. The minimum atomic E-state index is -1.97. The monoisotopic (exact) mass is 856 g/mol. The first-order valence-electron chi connectivity index (χ1n) is 19.1. The number of aliphatic hydroxyl groups is 9. The van der Waals surface area contributed by atoms with Gasteiger partial charge in [0.1, 0.15) is 78.9 Å². The summed E-state index contributed by atoms with van der Waals surface area (Å²) in [6, 6.07) is 11.9. The maximum atomic E-state index is 12.4. The molecule has 0 radical (unpaired) electrons. The Bertz CT molecular complexity index is 1700. The van der Waals surface area contributed by atoms with Gasteiger partial charge in [-0.25, -0.2) is 4.79 Å². The molecule has 0 unspecified atom stereocenters. The molecule has 3 aliphatic heterocycles. The quantitative estimate of drug-likeness (QED) is 0.0629. The molecule has 15 atom stereocenters. The summed E-state index contributed by atoms with van der Waals surface area (Å²) in [6.07, 6.45) is -23.3. The summed E-state index contributed by atoms with van der Waals surface area (Å²) in [5.74, 6) is -1.70. The van der Waals surface area contributed by atoms with E-state index in [9.17, 15) is 65.4 Å². The van der Waals surface area contributed by atoms with Crippen molar-refractivity contribution in [2.24, 2.45) is 0 Å². The molecule has 3 saturated heterocycles. The van der Waals surface area contributed by atoms with Crippen LogP contribution in [-0.4, -0.2) is 200 Å². The number of amides is 2. The van der Waals surface area contributed by atoms with Crippen molar-refractivity contribution in [3.05, 3.63) is 54.1 Å². The lowest BCUT2D eigenvalue weighted by molar-refractivity contribution is -0.376. The second-order valence-electron chi connectivity index (χ2n) is 14.3. The normalized spacial score (nSPS) is 34.4. The fourth-order valence-corrected chi connectivity index (χ4v) is 6.86. The lowest BCUT2D eigenvalue weighted by Crippen LogP contribution is -2.68. The van der Waals surface area contributed by atoms with Crippen molar-refractivity contribution in [1.29, 1.82) is 0 Å². The highest BCUT2D eigenvalue weighted by molar-refractivity contribution is 5.89. The zero-order chi connectivity index (χ0) is 43.7. The molecule has 0 saturated carbocycles. The number of hydrogen-bond acceptors (Lipinski definition) is 19. The third-order valence-electron chi connectivity index (χ3n) is 10.1. The summed E-state index contributed by atoms with van der Waals surface area (Å²) in [4.78, 5) is 35.9. The summed E-state index contributed by atoms with van der Waals surface area (Å²) < 4.78 is 39.5. The molecule has 2 aromatic carbocycles. The Morgan fingerprint density at radius 2 is 1.30 bits per heavy atom. The molecule has 3 heterocycles. The number of aliphatic hydroxyl groups excluding tert-OH is 9. The van der Waals surface area contributed by atoms with Crippen LogP contribution >= 0.6 is 0 Å². The Balaban J connectivity index is 1.13. The van der Waals surface area contributed by atoms with Gasteiger partial charge in [-0.3, -0.25) is 9.59 Å². The van der Waals surface area contributed by atoms with E-state index in [1.54, 1.807) is 42.5 Å². The van der Waals surface area contributed by atoms with Crippen LogP contribution in [0, 0.1) is 0 Å². The van der Waals surface area contributed by atoms with Gasteiger partial charge < -0.3 is 94.9 Å². The molecule has 12 N–H and O–H groups in total. The number of rotatable bonds is 18. The molecule has 22 nitrogen and oxygen atoms in total. The molecule has 0 aliphatic carbocycles. The van der Waals surface area contributed by atoms with E-state index in [1.807, 2.05) is 0 Å². The van der Waals surface area contributed by atoms with Crippen molar-refractivity contribution in [3.63, 3.8) is 0 Å². The molecule has 22 heteroatoms. The first kappa shape index (κ1) is 47.1. The van der Waals surface area contributed by atoms with E-state index >= 15 is 0 Å². The Kier molecular flexibility index (Phi) is 17.1. The number of benzene rings is 2. The van der Waals surface area contributed by atoms with E-state index in [1.165, 1.54) is 6.07 Å². The topological polar surface area (TPSA) is 342 Å². The minimum absolute atomic E-state index is 0.0691. The number of carboxylic acids is 1. The Morgan fingerprint density at radius 3 is 1.93 bits per heavy atom. The molecule has 60 heavy (non-hydrogen) atoms. The van der Waals surface area contributed by atoms with Gasteiger partial charge in [-0.2, -0.15) is 0 Å². The van der Waals surface area contributed by atoms with Crippen LogP contribution in [0.1, 0.15) is 23.7 Å². The van der Waals surface area contributed by atoms with E-state index in [-0.39, 0.29) is 31.7 Å². The second kappa shape index (κ2) is 21.7. The van der Waals surface area contributed by atoms with Crippen LogP contribution in [-0.2, 0) is 38.0 Å². The molecular weight excluding hydrogens is 804 g/mol. The maximum Gasteiger partial charge on any atom is 0.335 e. The van der Waals surface area contributed by atoms with Gasteiger partial charge in [-0.05, 0) is 41.8 Å². The Labute approximate surface area is 342 Å². The summed E-state index contributed by atoms with van der Waals surface area (Å²) in [5, 5.41) is 108. The van der Waals surface area contributed by atoms with Crippen molar-refractivity contribution in [1.82, 2.24) is 10.6 Å². The number of hydrogen-bond donors (Lipinski definition) is 12. The lowest BCUT2D eigenvalue weighted by atomic mass is 9.95. The zero-order valence-electron chi connectivity index (χ0n) is 32.3. The van der Waals surface area contributed by atoms with Gasteiger partial charge in [0, 0.05) is 13.5 Å². The van der Waals surface area contributed by atoms with Crippen LogP contribution in [0.4, 0.5) is 0 Å². The predicted octanol–water partition coefficient (Wildman–Crippen LogP) is -4.45. The standard InChI is InChI=1S/C38H52N2O20/c1-17(44)40-26-29(48)33(59-38-32(51)34(28(47)23(14-42)57-38)60-37-31(50)30(49)27(46)22(13-41)56-37)24(15-43)58-36(26)54-11-3-10-39-25(45)16-55-21-8-6-18(7-9-21)19-4-2-5-20(12-19)35(52)53/h2,4-9,12,22-24,26-34,36-38,41-43,46-51H,3,10-11,13-16H2,1H3,(H,39,45)(H,40,44)(H,52,53)/t22-,23-,24-,26-,27+,28+,29-,30+,31-,32-,33-,34+,36-,37-,38+/m1/s1. The van der Waals surface area contributed by atoms with Gasteiger partial charge in [0.15, 0.2) is 25.5 Å². The summed E-state index contributed by atoms with van der Waals surface area (Å²) >= 11 is 0. The van der Waals surface area contributed by atoms with Crippen molar-refractivity contribution < 1.29 is 98.6 Å². The minimum Gasteiger partial charge on any atom is -0.484 e. The molecule has 3 aliphatic rings. The van der Waals surface area contributed by atoms with Crippen LogP contribution in [0.15, 0.2) is 48.5 Å². The number of carboxylic acid groups (broad SMARTS) is 1. The summed E-state index contributed by atoms with van der Waals surface area (Å²) in [7, 11) is 0. The lowest BCUT2D eigenvalue weighted by Gasteiger charge is -2.48. The van der Waals surface area contributed by atoms with Gasteiger partial charge in [0.05, 0.1) is 32.0 Å². The third kappa shape index (κ3) is 11.5. The summed E-state index contributed by atoms with van der Waals surface area (Å²) in [6.45, 7) is -1.53. The average Bonchev–Trinajstić information content (AvgIpc) is 3.24. The van der Waals surface area contributed by atoms with Crippen LogP contribution in [0.25, 0.3) is 11.1 Å². The fraction of sp³-hybridized carbons (Fsp3) is 0.605. The SMILES string of the molecule is CC(=O)N[C@H]1[C@H](OCCCNC(=O)COc2ccc(-c3cccc(C(=O)O)c3)cc2)O[C@H](CO)[C@@H](O[C@@H]2O[C@H](CO)[C@H](O)[C@H](O[C@H]3O[C@H](CO)[C@H](O)[C@H](O)[C@H]3O)[C@H]2O)[C@@H]1O. The van der Waals surface area contributed by atoms with Crippen LogP contribution in [0.2, 0.25) is 0 Å².